The molecule has 1 unspecified atom stereocenters. The number of hydrogen-bond acceptors (Lipinski definition) is 5. The largest absolute Gasteiger partial charge is 0.334 e. The van der Waals surface area contributed by atoms with E-state index in [0.29, 0.717) is 49.5 Å². The summed E-state index contributed by atoms with van der Waals surface area (Å²) in [5.41, 5.74) is 2.48. The summed E-state index contributed by atoms with van der Waals surface area (Å²) in [6, 6.07) is 6.61. The molecule has 0 bridgehead atoms. The van der Waals surface area contributed by atoms with Crippen LogP contribution in [-0.2, 0) is 29.2 Å². The first-order valence-electron chi connectivity index (χ1n) is 10.6. The number of Topliss-reactive ketones (excluding diaryl/α,β-unsaturated/α-hetero) is 2. The fourth-order valence-corrected chi connectivity index (χ4v) is 5.35. The van der Waals surface area contributed by atoms with E-state index in [1.54, 1.807) is 11.0 Å². The number of carbonyl (C=O) groups excluding carboxylic acids is 4. The minimum absolute atomic E-state index is 0.0453. The van der Waals surface area contributed by atoms with Crippen LogP contribution in [0.3, 0.4) is 0 Å². The number of carbonyl (C=O) groups is 4. The number of fused-ring (bicyclic) bond motifs is 1. The summed E-state index contributed by atoms with van der Waals surface area (Å²) in [7, 11) is 0. The molecule has 0 saturated heterocycles. The summed E-state index contributed by atoms with van der Waals surface area (Å²) < 4.78 is 0. The molecular formula is C23H24ClN3O4S. The Labute approximate surface area is 195 Å². The van der Waals surface area contributed by atoms with Gasteiger partial charge in [0.15, 0.2) is 5.78 Å². The monoisotopic (exact) mass is 473 g/mol. The van der Waals surface area contributed by atoms with Crippen LogP contribution in [0.4, 0.5) is 4.79 Å². The number of halogens is 1. The summed E-state index contributed by atoms with van der Waals surface area (Å²) in [5, 5.41) is 6.26. The van der Waals surface area contributed by atoms with E-state index in [9.17, 15) is 19.2 Å². The SMILES string of the molecule is Cc1ccc(CNC(=O)NCc2cc3c(s2)CN(C2CCCC(=O)CC2=O)C3=O)cc1Cl. The van der Waals surface area contributed by atoms with E-state index >= 15 is 0 Å². The molecule has 2 aliphatic rings. The van der Waals surface area contributed by atoms with Crippen molar-refractivity contribution in [3.8, 4) is 0 Å². The van der Waals surface area contributed by atoms with Gasteiger partial charge in [-0.1, -0.05) is 23.7 Å². The van der Waals surface area contributed by atoms with Gasteiger partial charge in [0.2, 0.25) is 0 Å². The molecule has 168 valence electrons. The number of nitrogens with one attached hydrogen (secondary N) is 2. The van der Waals surface area contributed by atoms with Gasteiger partial charge in [0, 0.05) is 27.7 Å². The van der Waals surface area contributed by atoms with Gasteiger partial charge in [-0.05, 0) is 43.0 Å². The highest BCUT2D eigenvalue weighted by atomic mass is 35.5. The lowest BCUT2D eigenvalue weighted by Gasteiger charge is -2.25. The third kappa shape index (κ3) is 4.86. The third-order valence-electron chi connectivity index (χ3n) is 5.83. The van der Waals surface area contributed by atoms with Gasteiger partial charge >= 0.3 is 6.03 Å². The molecule has 2 N–H and O–H groups in total. The van der Waals surface area contributed by atoms with E-state index < -0.39 is 6.04 Å². The van der Waals surface area contributed by atoms with Crippen LogP contribution >= 0.6 is 22.9 Å². The van der Waals surface area contributed by atoms with E-state index in [1.807, 2.05) is 25.1 Å². The van der Waals surface area contributed by atoms with Gasteiger partial charge in [-0.15, -0.1) is 11.3 Å². The van der Waals surface area contributed by atoms with Crippen LogP contribution in [0.2, 0.25) is 5.02 Å². The van der Waals surface area contributed by atoms with Crippen molar-refractivity contribution in [1.29, 1.82) is 0 Å². The molecular weight excluding hydrogens is 450 g/mol. The predicted octanol–water partition coefficient (Wildman–Crippen LogP) is 3.75. The number of hydrogen-bond donors (Lipinski definition) is 2. The Kier molecular flexibility index (Phi) is 6.62. The maximum absolute atomic E-state index is 12.9. The van der Waals surface area contributed by atoms with E-state index in [2.05, 4.69) is 10.6 Å². The molecule has 2 heterocycles. The van der Waals surface area contributed by atoms with Gasteiger partial charge in [0.1, 0.15) is 5.78 Å². The first-order chi connectivity index (χ1) is 15.3. The van der Waals surface area contributed by atoms with Gasteiger partial charge in [-0.3, -0.25) is 14.4 Å². The van der Waals surface area contributed by atoms with Crippen molar-refractivity contribution >= 4 is 46.4 Å². The topological polar surface area (TPSA) is 95.6 Å². The second-order valence-electron chi connectivity index (χ2n) is 8.19. The molecule has 32 heavy (non-hydrogen) atoms. The molecule has 7 nitrogen and oxygen atoms in total. The molecule has 1 aromatic heterocycles. The van der Waals surface area contributed by atoms with Crippen LogP contribution in [-0.4, -0.2) is 34.4 Å². The maximum atomic E-state index is 12.9. The molecule has 4 rings (SSSR count). The highest BCUT2D eigenvalue weighted by molar-refractivity contribution is 7.12. The Hall–Kier alpha value is -2.71. The van der Waals surface area contributed by atoms with Crippen LogP contribution in [0, 0.1) is 6.92 Å². The molecule has 1 aliphatic carbocycles. The highest BCUT2D eigenvalue weighted by Gasteiger charge is 2.38. The summed E-state index contributed by atoms with van der Waals surface area (Å²) in [6.07, 6.45) is 1.49. The normalized spacial score (nSPS) is 18.5. The number of benzene rings is 1. The Morgan fingerprint density at radius 1 is 1.19 bits per heavy atom. The standard InChI is InChI=1S/C23H24ClN3O4S/c1-13-5-6-14(7-18(13)24)10-25-23(31)26-11-16-9-17-21(32-16)12-27(22(17)30)19-4-2-3-15(28)8-20(19)29/h5-7,9,19H,2-4,8,10-12H2,1H3,(H2,25,26,31). The van der Waals surface area contributed by atoms with E-state index in [-0.39, 0.29) is 29.9 Å². The molecule has 2 aromatic rings. The molecule has 1 aliphatic heterocycles. The summed E-state index contributed by atoms with van der Waals surface area (Å²) in [4.78, 5) is 52.5. The summed E-state index contributed by atoms with van der Waals surface area (Å²) in [5.74, 6) is -0.378. The molecule has 9 heteroatoms. The number of ketones is 2. The Morgan fingerprint density at radius 3 is 2.72 bits per heavy atom. The quantitative estimate of drug-likeness (QED) is 0.510. The van der Waals surface area contributed by atoms with Crippen molar-refractivity contribution in [3.63, 3.8) is 0 Å². The lowest BCUT2D eigenvalue weighted by atomic mass is 10.1. The smallest absolute Gasteiger partial charge is 0.315 e. The number of nitrogens with zero attached hydrogens (tertiary/aromatic N) is 1. The first kappa shape index (κ1) is 22.5. The average molecular weight is 474 g/mol. The second-order valence-corrected chi connectivity index (χ2v) is 9.82. The minimum Gasteiger partial charge on any atom is -0.334 e. The molecule has 1 atom stereocenters. The van der Waals surface area contributed by atoms with E-state index in [4.69, 9.17) is 11.6 Å². The Morgan fingerprint density at radius 2 is 1.97 bits per heavy atom. The van der Waals surface area contributed by atoms with Gasteiger partial charge in [-0.2, -0.15) is 0 Å². The van der Waals surface area contributed by atoms with Crippen LogP contribution in [0.15, 0.2) is 24.3 Å². The Balaban J connectivity index is 1.30. The van der Waals surface area contributed by atoms with Gasteiger partial charge < -0.3 is 15.5 Å². The van der Waals surface area contributed by atoms with E-state index in [1.165, 1.54) is 11.3 Å². The lowest BCUT2D eigenvalue weighted by Crippen LogP contribution is -2.41. The second kappa shape index (κ2) is 9.42. The first-order valence-corrected chi connectivity index (χ1v) is 11.7. The molecule has 3 amide bonds. The van der Waals surface area contributed by atoms with E-state index in [0.717, 1.165) is 20.9 Å². The van der Waals surface area contributed by atoms with Crippen LogP contribution in [0.1, 0.15) is 56.9 Å². The average Bonchev–Trinajstić information content (AvgIpc) is 3.23. The van der Waals surface area contributed by atoms with Crippen LogP contribution in [0.25, 0.3) is 0 Å². The minimum atomic E-state index is -0.517. The number of thiophene rings is 1. The van der Waals surface area contributed by atoms with Crippen molar-refractivity contribution in [2.45, 2.75) is 58.3 Å². The Bertz CT molecular complexity index is 1100. The van der Waals surface area contributed by atoms with Crippen LogP contribution < -0.4 is 10.6 Å². The lowest BCUT2D eigenvalue weighted by molar-refractivity contribution is -0.128. The van der Waals surface area contributed by atoms with Crippen molar-refractivity contribution in [2.75, 3.05) is 0 Å². The third-order valence-corrected chi connectivity index (χ3v) is 7.36. The maximum Gasteiger partial charge on any atom is 0.315 e. The van der Waals surface area contributed by atoms with Crippen molar-refractivity contribution in [3.05, 3.63) is 55.7 Å². The summed E-state index contributed by atoms with van der Waals surface area (Å²) >= 11 is 7.57. The van der Waals surface area contributed by atoms with Crippen molar-refractivity contribution in [1.82, 2.24) is 15.5 Å². The predicted molar refractivity (Wildman–Crippen MR) is 122 cm³/mol. The molecule has 1 saturated carbocycles. The number of urea groups is 1. The zero-order chi connectivity index (χ0) is 22.8. The number of amides is 3. The van der Waals surface area contributed by atoms with Gasteiger partial charge in [0.25, 0.3) is 5.91 Å². The highest BCUT2D eigenvalue weighted by Crippen LogP contribution is 2.34. The zero-order valence-corrected chi connectivity index (χ0v) is 19.3. The molecule has 0 radical (unpaired) electrons. The molecule has 1 aromatic carbocycles. The summed E-state index contributed by atoms with van der Waals surface area (Å²) in [6.45, 7) is 2.97. The van der Waals surface area contributed by atoms with Gasteiger partial charge in [-0.25, -0.2) is 4.79 Å². The number of aryl methyl sites for hydroxylation is 1. The molecule has 1 fully saturated rings. The molecule has 0 spiro atoms. The zero-order valence-electron chi connectivity index (χ0n) is 17.7. The van der Waals surface area contributed by atoms with Crippen molar-refractivity contribution in [2.24, 2.45) is 0 Å². The van der Waals surface area contributed by atoms with Crippen LogP contribution in [0.5, 0.6) is 0 Å². The van der Waals surface area contributed by atoms with Gasteiger partial charge in [0.05, 0.1) is 31.1 Å². The fourth-order valence-electron chi connectivity index (χ4n) is 4.05. The number of rotatable bonds is 5. The fraction of sp³-hybridized carbons (Fsp3) is 0.391. The van der Waals surface area contributed by atoms with Crippen molar-refractivity contribution < 1.29 is 19.2 Å².